The first-order chi connectivity index (χ1) is 8.06. The Morgan fingerprint density at radius 1 is 1.35 bits per heavy atom. The molecule has 1 aromatic rings. The van der Waals surface area contributed by atoms with Crippen LogP contribution in [-0.2, 0) is 11.2 Å². The monoisotopic (exact) mass is 234 g/mol. The molecule has 0 spiro atoms. The van der Waals surface area contributed by atoms with Crippen molar-refractivity contribution in [1.29, 1.82) is 0 Å². The number of hydrogen-bond donors (Lipinski definition) is 2. The third-order valence-electron chi connectivity index (χ3n) is 3.02. The molecule has 0 aliphatic carbocycles. The molecule has 17 heavy (non-hydrogen) atoms. The van der Waals surface area contributed by atoms with Crippen molar-refractivity contribution in [2.75, 3.05) is 6.54 Å². The van der Waals surface area contributed by atoms with Gasteiger partial charge in [0, 0.05) is 6.54 Å². The van der Waals surface area contributed by atoms with Crippen molar-refractivity contribution in [2.24, 2.45) is 5.73 Å². The lowest BCUT2D eigenvalue weighted by Gasteiger charge is -2.21. The lowest BCUT2D eigenvalue weighted by atomic mass is 9.99. The van der Waals surface area contributed by atoms with Crippen LogP contribution in [0.25, 0.3) is 0 Å². The SMILES string of the molecule is CC[C@](C)(N)C(=O)NCCCc1ccccc1. The second-order valence-corrected chi connectivity index (χ2v) is 4.62. The molecule has 0 radical (unpaired) electrons. The smallest absolute Gasteiger partial charge is 0.239 e. The van der Waals surface area contributed by atoms with Crippen LogP contribution >= 0.6 is 0 Å². The fourth-order valence-corrected chi connectivity index (χ4v) is 1.50. The summed E-state index contributed by atoms with van der Waals surface area (Å²) < 4.78 is 0. The van der Waals surface area contributed by atoms with E-state index in [1.54, 1.807) is 6.92 Å². The van der Waals surface area contributed by atoms with Crippen molar-refractivity contribution in [3.63, 3.8) is 0 Å². The summed E-state index contributed by atoms with van der Waals surface area (Å²) in [7, 11) is 0. The highest BCUT2D eigenvalue weighted by molar-refractivity contribution is 5.85. The average Bonchev–Trinajstić information content (AvgIpc) is 2.35. The average molecular weight is 234 g/mol. The number of benzene rings is 1. The van der Waals surface area contributed by atoms with Gasteiger partial charge in [-0.15, -0.1) is 0 Å². The number of rotatable bonds is 6. The van der Waals surface area contributed by atoms with Gasteiger partial charge in [-0.3, -0.25) is 4.79 Å². The summed E-state index contributed by atoms with van der Waals surface area (Å²) in [6, 6.07) is 10.3. The zero-order chi connectivity index (χ0) is 12.7. The first-order valence-corrected chi connectivity index (χ1v) is 6.17. The maximum absolute atomic E-state index is 11.7. The molecule has 0 saturated heterocycles. The first-order valence-electron chi connectivity index (χ1n) is 6.17. The highest BCUT2D eigenvalue weighted by Gasteiger charge is 2.24. The molecule has 3 nitrogen and oxygen atoms in total. The molecule has 0 aliphatic rings. The van der Waals surface area contributed by atoms with Crippen LogP contribution < -0.4 is 11.1 Å². The van der Waals surface area contributed by atoms with Gasteiger partial charge in [-0.05, 0) is 31.7 Å². The Bertz CT molecular complexity index is 346. The largest absolute Gasteiger partial charge is 0.355 e. The molecule has 1 atom stereocenters. The van der Waals surface area contributed by atoms with Crippen LogP contribution in [-0.4, -0.2) is 18.0 Å². The third-order valence-corrected chi connectivity index (χ3v) is 3.02. The minimum absolute atomic E-state index is 0.0620. The van der Waals surface area contributed by atoms with E-state index in [1.807, 2.05) is 25.1 Å². The highest BCUT2D eigenvalue weighted by Crippen LogP contribution is 2.05. The number of carbonyl (C=O) groups excluding carboxylic acids is 1. The summed E-state index contributed by atoms with van der Waals surface area (Å²) in [5, 5.41) is 2.88. The molecule has 1 amide bonds. The molecule has 1 rings (SSSR count). The Hall–Kier alpha value is -1.35. The summed E-state index contributed by atoms with van der Waals surface area (Å²) in [5.41, 5.74) is 6.40. The van der Waals surface area contributed by atoms with Gasteiger partial charge >= 0.3 is 0 Å². The van der Waals surface area contributed by atoms with Gasteiger partial charge in [-0.2, -0.15) is 0 Å². The molecule has 0 saturated carbocycles. The molecule has 0 unspecified atom stereocenters. The fourth-order valence-electron chi connectivity index (χ4n) is 1.50. The van der Waals surface area contributed by atoms with E-state index in [0.29, 0.717) is 13.0 Å². The van der Waals surface area contributed by atoms with Gasteiger partial charge in [-0.1, -0.05) is 37.3 Å². The standard InChI is InChI=1S/C14H22N2O/c1-3-14(2,15)13(17)16-11-7-10-12-8-5-4-6-9-12/h4-6,8-9H,3,7,10-11,15H2,1-2H3,(H,16,17)/t14-/m0/s1. The van der Waals surface area contributed by atoms with Crippen LogP contribution in [0.1, 0.15) is 32.3 Å². The molecule has 0 fully saturated rings. The van der Waals surface area contributed by atoms with E-state index in [2.05, 4.69) is 17.4 Å². The third kappa shape index (κ3) is 4.57. The molecule has 94 valence electrons. The molecular weight excluding hydrogens is 212 g/mol. The van der Waals surface area contributed by atoms with Crippen molar-refractivity contribution < 1.29 is 4.79 Å². The maximum atomic E-state index is 11.7. The van der Waals surface area contributed by atoms with Gasteiger partial charge in [0.05, 0.1) is 5.54 Å². The van der Waals surface area contributed by atoms with Crippen LogP contribution in [0.5, 0.6) is 0 Å². The topological polar surface area (TPSA) is 55.1 Å². The molecule has 0 aliphatic heterocycles. The van der Waals surface area contributed by atoms with Crippen molar-refractivity contribution in [2.45, 2.75) is 38.6 Å². The lowest BCUT2D eigenvalue weighted by molar-refractivity contribution is -0.125. The van der Waals surface area contributed by atoms with Gasteiger partial charge in [0.2, 0.25) is 5.91 Å². The second kappa shape index (κ2) is 6.40. The molecule has 0 bridgehead atoms. The quantitative estimate of drug-likeness (QED) is 0.738. The molecule has 3 heteroatoms. The van der Waals surface area contributed by atoms with E-state index in [0.717, 1.165) is 12.8 Å². The van der Waals surface area contributed by atoms with Crippen LogP contribution in [0.15, 0.2) is 30.3 Å². The zero-order valence-electron chi connectivity index (χ0n) is 10.7. The van der Waals surface area contributed by atoms with Crippen molar-refractivity contribution in [1.82, 2.24) is 5.32 Å². The van der Waals surface area contributed by atoms with Crippen LogP contribution in [0, 0.1) is 0 Å². The Morgan fingerprint density at radius 2 is 2.00 bits per heavy atom. The predicted molar refractivity (Wildman–Crippen MR) is 70.7 cm³/mol. The molecule has 0 heterocycles. The predicted octanol–water partition coefficient (Wildman–Crippen LogP) is 1.86. The minimum Gasteiger partial charge on any atom is -0.355 e. The Morgan fingerprint density at radius 3 is 2.59 bits per heavy atom. The number of amides is 1. The number of hydrogen-bond acceptors (Lipinski definition) is 2. The van der Waals surface area contributed by atoms with E-state index in [1.165, 1.54) is 5.56 Å². The minimum atomic E-state index is -0.743. The van der Waals surface area contributed by atoms with Gasteiger partial charge in [0.15, 0.2) is 0 Å². The van der Waals surface area contributed by atoms with Crippen molar-refractivity contribution in [3.05, 3.63) is 35.9 Å². The highest BCUT2D eigenvalue weighted by atomic mass is 16.2. The summed E-state index contributed by atoms with van der Waals surface area (Å²) in [4.78, 5) is 11.7. The number of nitrogens with one attached hydrogen (secondary N) is 1. The second-order valence-electron chi connectivity index (χ2n) is 4.62. The van der Waals surface area contributed by atoms with Crippen LogP contribution in [0.3, 0.4) is 0 Å². The zero-order valence-corrected chi connectivity index (χ0v) is 10.7. The van der Waals surface area contributed by atoms with E-state index in [9.17, 15) is 4.79 Å². The van der Waals surface area contributed by atoms with Crippen molar-refractivity contribution in [3.8, 4) is 0 Å². The van der Waals surface area contributed by atoms with Crippen LogP contribution in [0.2, 0.25) is 0 Å². The van der Waals surface area contributed by atoms with E-state index < -0.39 is 5.54 Å². The Kier molecular flexibility index (Phi) is 5.16. The van der Waals surface area contributed by atoms with Gasteiger partial charge < -0.3 is 11.1 Å². The molecule has 0 aromatic heterocycles. The number of aryl methyl sites for hydroxylation is 1. The normalized spacial score (nSPS) is 14.1. The lowest BCUT2D eigenvalue weighted by Crippen LogP contribution is -2.51. The Labute approximate surface area is 103 Å². The summed E-state index contributed by atoms with van der Waals surface area (Å²) in [6.45, 7) is 4.36. The van der Waals surface area contributed by atoms with Crippen LogP contribution in [0.4, 0.5) is 0 Å². The summed E-state index contributed by atoms with van der Waals surface area (Å²) in [5.74, 6) is -0.0620. The summed E-state index contributed by atoms with van der Waals surface area (Å²) in [6.07, 6.45) is 2.57. The van der Waals surface area contributed by atoms with Gasteiger partial charge in [0.1, 0.15) is 0 Å². The summed E-state index contributed by atoms with van der Waals surface area (Å²) >= 11 is 0. The number of carbonyl (C=O) groups is 1. The van der Waals surface area contributed by atoms with Gasteiger partial charge in [0.25, 0.3) is 0 Å². The van der Waals surface area contributed by atoms with E-state index in [-0.39, 0.29) is 5.91 Å². The molecular formula is C14H22N2O. The van der Waals surface area contributed by atoms with Gasteiger partial charge in [-0.25, -0.2) is 0 Å². The fraction of sp³-hybridized carbons (Fsp3) is 0.500. The van der Waals surface area contributed by atoms with Crippen molar-refractivity contribution >= 4 is 5.91 Å². The van der Waals surface area contributed by atoms with E-state index in [4.69, 9.17) is 5.73 Å². The van der Waals surface area contributed by atoms with E-state index >= 15 is 0 Å². The molecule has 1 aromatic carbocycles. The molecule has 3 N–H and O–H groups in total. The Balaban J connectivity index is 2.23. The first kappa shape index (κ1) is 13.7. The maximum Gasteiger partial charge on any atom is 0.239 e. The number of nitrogens with two attached hydrogens (primary N) is 1.